The molecule has 0 amide bonds. The number of nitrogens with zero attached hydrogens (tertiary/aromatic N) is 1. The average Bonchev–Trinajstić information content (AvgIpc) is 2.72. The number of ether oxygens (including phenoxy) is 2. The van der Waals surface area contributed by atoms with Gasteiger partial charge >= 0.3 is 11.9 Å². The first-order chi connectivity index (χ1) is 8.70. The first-order valence-electron chi connectivity index (χ1n) is 5.45. The molecule has 1 aliphatic rings. The topological polar surface area (TPSA) is 65.0 Å². The first kappa shape index (κ1) is 12.0. The Morgan fingerprint density at radius 2 is 2.11 bits per heavy atom. The van der Waals surface area contributed by atoms with E-state index in [-0.39, 0.29) is 18.2 Å². The molecule has 2 rings (SSSR count). The molecule has 0 unspecified atom stereocenters. The van der Waals surface area contributed by atoms with Gasteiger partial charge in [0.05, 0.1) is 12.7 Å². The molecule has 5 heteroatoms. The summed E-state index contributed by atoms with van der Waals surface area (Å²) < 4.78 is 9.67. The standard InChI is InChI=1S/C13H11NO4/c1-2-17-11(15)8-10-13(16)18-12(14-10)9-6-4-3-5-7-9/h3-8H,2H2,1H3/b10-8+. The van der Waals surface area contributed by atoms with Gasteiger partial charge in [-0.2, -0.15) is 0 Å². The van der Waals surface area contributed by atoms with Crippen LogP contribution in [0, 0.1) is 0 Å². The lowest BCUT2D eigenvalue weighted by molar-refractivity contribution is -0.138. The van der Waals surface area contributed by atoms with Gasteiger partial charge in [0, 0.05) is 5.56 Å². The van der Waals surface area contributed by atoms with E-state index in [0.717, 1.165) is 6.08 Å². The van der Waals surface area contributed by atoms with Crippen molar-refractivity contribution in [3.63, 3.8) is 0 Å². The van der Waals surface area contributed by atoms with Crippen molar-refractivity contribution in [3.05, 3.63) is 47.7 Å². The lowest BCUT2D eigenvalue weighted by Crippen LogP contribution is -2.06. The van der Waals surface area contributed by atoms with Gasteiger partial charge in [-0.25, -0.2) is 14.6 Å². The lowest BCUT2D eigenvalue weighted by Gasteiger charge is -1.97. The summed E-state index contributed by atoms with van der Waals surface area (Å²) in [6, 6.07) is 8.98. The van der Waals surface area contributed by atoms with E-state index in [1.54, 1.807) is 31.2 Å². The fraction of sp³-hybridized carbons (Fsp3) is 0.154. The van der Waals surface area contributed by atoms with Gasteiger partial charge in [0.15, 0.2) is 5.70 Å². The summed E-state index contributed by atoms with van der Waals surface area (Å²) in [5, 5.41) is 0. The van der Waals surface area contributed by atoms with E-state index in [9.17, 15) is 9.59 Å². The summed E-state index contributed by atoms with van der Waals surface area (Å²) in [6.45, 7) is 1.93. The lowest BCUT2D eigenvalue weighted by atomic mass is 10.2. The first-order valence-corrected chi connectivity index (χ1v) is 5.45. The summed E-state index contributed by atoms with van der Waals surface area (Å²) in [7, 11) is 0. The van der Waals surface area contributed by atoms with E-state index >= 15 is 0 Å². The molecule has 0 spiro atoms. The highest BCUT2D eigenvalue weighted by molar-refractivity contribution is 6.12. The molecule has 1 aromatic carbocycles. The van der Waals surface area contributed by atoms with E-state index in [1.807, 2.05) is 6.07 Å². The number of benzene rings is 1. The molecule has 0 fully saturated rings. The minimum Gasteiger partial charge on any atom is -0.463 e. The number of carbonyl (C=O) groups is 2. The molecule has 0 radical (unpaired) electrons. The molecule has 92 valence electrons. The van der Waals surface area contributed by atoms with Crippen molar-refractivity contribution in [2.24, 2.45) is 4.99 Å². The van der Waals surface area contributed by atoms with Gasteiger partial charge in [-0.15, -0.1) is 0 Å². The third kappa shape index (κ3) is 2.63. The predicted molar refractivity (Wildman–Crippen MR) is 63.8 cm³/mol. The van der Waals surface area contributed by atoms with Crippen molar-refractivity contribution in [3.8, 4) is 0 Å². The van der Waals surface area contributed by atoms with Crippen molar-refractivity contribution in [2.45, 2.75) is 6.92 Å². The highest BCUT2D eigenvalue weighted by Crippen LogP contribution is 2.15. The summed E-state index contributed by atoms with van der Waals surface area (Å²) in [5.41, 5.74) is 0.630. The fourth-order valence-electron chi connectivity index (χ4n) is 1.41. The van der Waals surface area contributed by atoms with Crippen LogP contribution < -0.4 is 0 Å². The maximum absolute atomic E-state index is 11.5. The number of cyclic esters (lactones) is 1. The van der Waals surface area contributed by atoms with Gasteiger partial charge in [0.25, 0.3) is 0 Å². The number of esters is 2. The average molecular weight is 245 g/mol. The Balaban J connectivity index is 2.22. The maximum Gasteiger partial charge on any atom is 0.364 e. The maximum atomic E-state index is 11.5. The summed E-state index contributed by atoms with van der Waals surface area (Å²) in [5.74, 6) is -1.07. The monoisotopic (exact) mass is 245 g/mol. The summed E-state index contributed by atoms with van der Waals surface area (Å²) in [6.07, 6.45) is 1.03. The third-order valence-corrected chi connectivity index (χ3v) is 2.18. The molecule has 5 nitrogen and oxygen atoms in total. The zero-order chi connectivity index (χ0) is 13.0. The van der Waals surface area contributed by atoms with Crippen molar-refractivity contribution in [1.82, 2.24) is 0 Å². The number of hydrogen-bond acceptors (Lipinski definition) is 5. The second-order valence-electron chi connectivity index (χ2n) is 3.45. The Morgan fingerprint density at radius 1 is 1.39 bits per heavy atom. The van der Waals surface area contributed by atoms with Crippen LogP contribution in [-0.4, -0.2) is 24.4 Å². The molecule has 18 heavy (non-hydrogen) atoms. The largest absolute Gasteiger partial charge is 0.463 e. The fourth-order valence-corrected chi connectivity index (χ4v) is 1.41. The second-order valence-corrected chi connectivity index (χ2v) is 3.45. The zero-order valence-corrected chi connectivity index (χ0v) is 9.75. The molecule has 1 aromatic rings. The quantitative estimate of drug-likeness (QED) is 0.597. The number of rotatable bonds is 3. The van der Waals surface area contributed by atoms with Crippen LogP contribution in [0.4, 0.5) is 0 Å². The molecule has 0 bridgehead atoms. The van der Waals surface area contributed by atoms with E-state index < -0.39 is 11.9 Å². The van der Waals surface area contributed by atoms with Crippen LogP contribution >= 0.6 is 0 Å². The van der Waals surface area contributed by atoms with Crippen LogP contribution in [0.5, 0.6) is 0 Å². The summed E-state index contributed by atoms with van der Waals surface area (Å²) in [4.78, 5) is 26.7. The van der Waals surface area contributed by atoms with Crippen LogP contribution in [0.3, 0.4) is 0 Å². The number of aliphatic imine (C=N–C) groups is 1. The molecule has 1 heterocycles. The van der Waals surface area contributed by atoms with Crippen LogP contribution in [-0.2, 0) is 19.1 Å². The third-order valence-electron chi connectivity index (χ3n) is 2.18. The Bertz CT molecular complexity index is 531. The minimum absolute atomic E-state index is 0.0488. The van der Waals surface area contributed by atoms with Crippen LogP contribution in [0.1, 0.15) is 12.5 Å². The molecule has 0 saturated carbocycles. The normalized spacial score (nSPS) is 16.4. The van der Waals surface area contributed by atoms with Gasteiger partial charge in [-0.1, -0.05) is 18.2 Å². The van der Waals surface area contributed by atoms with Gasteiger partial charge in [-0.3, -0.25) is 0 Å². The SMILES string of the molecule is CCOC(=O)/C=C1/N=C(c2ccccc2)OC1=O. The van der Waals surface area contributed by atoms with E-state index in [1.165, 1.54) is 0 Å². The Kier molecular flexibility index (Phi) is 3.52. The molecule has 1 aliphatic heterocycles. The molecular formula is C13H11NO4. The van der Waals surface area contributed by atoms with Crippen molar-refractivity contribution >= 4 is 17.8 Å². The van der Waals surface area contributed by atoms with E-state index in [4.69, 9.17) is 9.47 Å². The molecule has 0 N–H and O–H groups in total. The number of carbonyl (C=O) groups excluding carboxylic acids is 2. The molecule has 0 atom stereocenters. The van der Waals surface area contributed by atoms with Gasteiger partial charge in [0.1, 0.15) is 0 Å². The van der Waals surface area contributed by atoms with Gasteiger partial charge in [-0.05, 0) is 19.1 Å². The molecule has 0 aromatic heterocycles. The minimum atomic E-state index is -0.651. The van der Waals surface area contributed by atoms with Crippen LogP contribution in [0.25, 0.3) is 0 Å². The van der Waals surface area contributed by atoms with Gasteiger partial charge < -0.3 is 9.47 Å². The van der Waals surface area contributed by atoms with Crippen molar-refractivity contribution < 1.29 is 19.1 Å². The highest BCUT2D eigenvalue weighted by Gasteiger charge is 2.24. The molecule has 0 aliphatic carbocycles. The van der Waals surface area contributed by atoms with Crippen molar-refractivity contribution in [1.29, 1.82) is 0 Å². The van der Waals surface area contributed by atoms with E-state index in [0.29, 0.717) is 5.56 Å². The Labute approximate surface area is 104 Å². The predicted octanol–water partition coefficient (Wildman–Crippen LogP) is 1.44. The van der Waals surface area contributed by atoms with E-state index in [2.05, 4.69) is 4.99 Å². The van der Waals surface area contributed by atoms with Crippen LogP contribution in [0.15, 0.2) is 47.1 Å². The highest BCUT2D eigenvalue weighted by atomic mass is 16.6. The molecule has 0 saturated heterocycles. The van der Waals surface area contributed by atoms with Gasteiger partial charge in [0.2, 0.25) is 5.90 Å². The summed E-state index contributed by atoms with van der Waals surface area (Å²) >= 11 is 0. The van der Waals surface area contributed by atoms with Crippen LogP contribution in [0.2, 0.25) is 0 Å². The second kappa shape index (κ2) is 5.27. The van der Waals surface area contributed by atoms with Crippen molar-refractivity contribution in [2.75, 3.05) is 6.61 Å². The molecular weight excluding hydrogens is 234 g/mol. The number of hydrogen-bond donors (Lipinski definition) is 0. The Morgan fingerprint density at radius 3 is 2.78 bits per heavy atom. The smallest absolute Gasteiger partial charge is 0.364 e. The Hall–Kier alpha value is -2.43. The zero-order valence-electron chi connectivity index (χ0n) is 9.75.